The summed E-state index contributed by atoms with van der Waals surface area (Å²) in [4.78, 5) is -0.593. The number of halogens is 3. The average Bonchev–Trinajstić information content (AvgIpc) is 2.86. The Kier molecular flexibility index (Phi) is 5.70. The van der Waals surface area contributed by atoms with Gasteiger partial charge in [0, 0.05) is 17.1 Å². The summed E-state index contributed by atoms with van der Waals surface area (Å²) in [5.74, 6) is -1.98. The minimum Gasteiger partial charge on any atom is -0.377 e. The van der Waals surface area contributed by atoms with Gasteiger partial charge in [0.05, 0.1) is 12.7 Å². The summed E-state index contributed by atoms with van der Waals surface area (Å²) in [5.41, 5.74) is 0. The van der Waals surface area contributed by atoms with E-state index in [1.807, 2.05) is 0 Å². The fourth-order valence-electron chi connectivity index (χ4n) is 2.31. The fraction of sp³-hybridized carbons (Fsp3) is 0.538. The molecule has 1 fully saturated rings. The molecule has 1 N–H and O–H groups in total. The Balaban J connectivity index is 1.95. The molecule has 0 amide bonds. The van der Waals surface area contributed by atoms with Gasteiger partial charge in [-0.3, -0.25) is 0 Å². The largest absolute Gasteiger partial charge is 0.377 e. The molecule has 1 aromatic rings. The number of sulfonamides is 1. The molecule has 0 spiro atoms. The van der Waals surface area contributed by atoms with Gasteiger partial charge in [0.1, 0.15) is 16.5 Å². The van der Waals surface area contributed by atoms with E-state index in [2.05, 4.69) is 20.7 Å². The van der Waals surface area contributed by atoms with Gasteiger partial charge in [0.2, 0.25) is 10.0 Å². The number of nitrogens with one attached hydrogen (secondary N) is 1. The summed E-state index contributed by atoms with van der Waals surface area (Å²) < 4.78 is 58.3. The zero-order valence-electron chi connectivity index (χ0n) is 11.2. The molecule has 1 aliphatic carbocycles. The van der Waals surface area contributed by atoms with E-state index in [1.54, 1.807) is 0 Å². The minimum absolute atomic E-state index is 0.0437. The second kappa shape index (κ2) is 7.13. The summed E-state index contributed by atoms with van der Waals surface area (Å²) in [7, 11) is -4.05. The lowest BCUT2D eigenvalue weighted by molar-refractivity contribution is 0.0626. The molecule has 1 aliphatic rings. The van der Waals surface area contributed by atoms with Crippen molar-refractivity contribution in [2.45, 2.75) is 36.7 Å². The predicted octanol–water partition coefficient (Wildman–Crippen LogP) is 2.96. The lowest BCUT2D eigenvalue weighted by Gasteiger charge is -2.12. The molecule has 21 heavy (non-hydrogen) atoms. The first-order valence-corrected chi connectivity index (χ1v) is 8.93. The second-order valence-electron chi connectivity index (χ2n) is 4.87. The highest BCUT2D eigenvalue weighted by Gasteiger charge is 2.23. The van der Waals surface area contributed by atoms with Gasteiger partial charge < -0.3 is 4.74 Å². The van der Waals surface area contributed by atoms with Gasteiger partial charge in [0.15, 0.2) is 0 Å². The number of hydrogen-bond donors (Lipinski definition) is 1. The molecule has 0 bridgehead atoms. The van der Waals surface area contributed by atoms with E-state index in [-0.39, 0.29) is 23.7 Å². The van der Waals surface area contributed by atoms with Crippen LogP contribution in [0.2, 0.25) is 0 Å². The number of hydrogen-bond acceptors (Lipinski definition) is 3. The van der Waals surface area contributed by atoms with Gasteiger partial charge in [0.25, 0.3) is 0 Å². The molecular formula is C13H16BrF2NO3S. The van der Waals surface area contributed by atoms with Crippen molar-refractivity contribution in [3.8, 4) is 0 Å². The van der Waals surface area contributed by atoms with E-state index in [1.165, 1.54) is 0 Å². The molecule has 2 rings (SSSR count). The molecule has 4 nitrogen and oxygen atoms in total. The standard InChI is InChI=1S/C13H16BrF2NO3S/c14-11-7-9(15)8-12(16)13(11)21(18,19)17-5-6-20-10-3-1-2-4-10/h7-8,10,17H,1-6H2. The molecule has 0 heterocycles. The van der Waals surface area contributed by atoms with Crippen molar-refractivity contribution < 1.29 is 21.9 Å². The van der Waals surface area contributed by atoms with Crippen LogP contribution < -0.4 is 4.72 Å². The van der Waals surface area contributed by atoms with Crippen LogP contribution in [0.5, 0.6) is 0 Å². The molecular weight excluding hydrogens is 368 g/mol. The highest BCUT2D eigenvalue weighted by molar-refractivity contribution is 9.10. The molecule has 0 radical (unpaired) electrons. The van der Waals surface area contributed by atoms with Crippen molar-refractivity contribution in [1.29, 1.82) is 0 Å². The van der Waals surface area contributed by atoms with Crippen LogP contribution in [0, 0.1) is 11.6 Å². The van der Waals surface area contributed by atoms with Crippen molar-refractivity contribution >= 4 is 26.0 Å². The SMILES string of the molecule is O=S(=O)(NCCOC1CCCC1)c1c(F)cc(F)cc1Br. The van der Waals surface area contributed by atoms with Crippen LogP contribution in [0.3, 0.4) is 0 Å². The van der Waals surface area contributed by atoms with Crippen molar-refractivity contribution in [2.75, 3.05) is 13.2 Å². The van der Waals surface area contributed by atoms with Crippen molar-refractivity contribution in [2.24, 2.45) is 0 Å². The van der Waals surface area contributed by atoms with E-state index in [4.69, 9.17) is 4.74 Å². The van der Waals surface area contributed by atoms with Crippen molar-refractivity contribution in [3.05, 3.63) is 28.2 Å². The lowest BCUT2D eigenvalue weighted by atomic mass is 10.3. The number of benzene rings is 1. The Labute approximate surface area is 131 Å². The highest BCUT2D eigenvalue weighted by Crippen LogP contribution is 2.26. The van der Waals surface area contributed by atoms with Crippen LogP contribution in [-0.2, 0) is 14.8 Å². The van der Waals surface area contributed by atoms with Crippen LogP contribution in [0.4, 0.5) is 8.78 Å². The van der Waals surface area contributed by atoms with Gasteiger partial charge >= 0.3 is 0 Å². The van der Waals surface area contributed by atoms with Crippen LogP contribution >= 0.6 is 15.9 Å². The number of ether oxygens (including phenoxy) is 1. The molecule has 1 saturated carbocycles. The maximum Gasteiger partial charge on any atom is 0.244 e. The van der Waals surface area contributed by atoms with Gasteiger partial charge in [-0.2, -0.15) is 0 Å². The van der Waals surface area contributed by atoms with Gasteiger partial charge in [-0.25, -0.2) is 21.9 Å². The topological polar surface area (TPSA) is 55.4 Å². The lowest BCUT2D eigenvalue weighted by Crippen LogP contribution is -2.29. The molecule has 1 aromatic carbocycles. The first kappa shape index (κ1) is 16.8. The van der Waals surface area contributed by atoms with E-state index in [0.717, 1.165) is 31.7 Å². The molecule has 8 heteroatoms. The molecule has 0 aliphatic heterocycles. The predicted molar refractivity (Wildman–Crippen MR) is 77.5 cm³/mol. The van der Waals surface area contributed by atoms with Crippen LogP contribution in [0.25, 0.3) is 0 Å². The molecule has 0 aromatic heterocycles. The van der Waals surface area contributed by atoms with E-state index >= 15 is 0 Å². The summed E-state index contributed by atoms with van der Waals surface area (Å²) in [6, 6.07) is 1.45. The van der Waals surface area contributed by atoms with Gasteiger partial charge in [-0.05, 0) is 34.8 Å². The third-order valence-electron chi connectivity index (χ3n) is 3.28. The Morgan fingerprint density at radius 2 is 1.95 bits per heavy atom. The first-order chi connectivity index (χ1) is 9.90. The van der Waals surface area contributed by atoms with Crippen LogP contribution in [-0.4, -0.2) is 27.7 Å². The van der Waals surface area contributed by atoms with Gasteiger partial charge in [-0.1, -0.05) is 12.8 Å². The highest BCUT2D eigenvalue weighted by atomic mass is 79.9. The van der Waals surface area contributed by atoms with Gasteiger partial charge in [-0.15, -0.1) is 0 Å². The fourth-order valence-corrected chi connectivity index (χ4v) is 4.49. The van der Waals surface area contributed by atoms with E-state index in [0.29, 0.717) is 6.07 Å². The summed E-state index contributed by atoms with van der Waals surface area (Å²) in [5, 5.41) is 0. The molecule has 0 saturated heterocycles. The second-order valence-corrected chi connectivity index (χ2v) is 7.43. The zero-order chi connectivity index (χ0) is 15.5. The maximum absolute atomic E-state index is 13.6. The maximum atomic E-state index is 13.6. The van der Waals surface area contributed by atoms with Crippen LogP contribution in [0.1, 0.15) is 25.7 Å². The minimum atomic E-state index is -4.05. The summed E-state index contributed by atoms with van der Waals surface area (Å²) in [6.45, 7) is 0.270. The Morgan fingerprint density at radius 1 is 1.29 bits per heavy atom. The van der Waals surface area contributed by atoms with Crippen LogP contribution in [0.15, 0.2) is 21.5 Å². The smallest absolute Gasteiger partial charge is 0.244 e. The average molecular weight is 384 g/mol. The monoisotopic (exact) mass is 383 g/mol. The summed E-state index contributed by atoms with van der Waals surface area (Å²) >= 11 is 2.87. The number of rotatable bonds is 6. The molecule has 0 atom stereocenters. The van der Waals surface area contributed by atoms with Crippen molar-refractivity contribution in [1.82, 2.24) is 4.72 Å². The van der Waals surface area contributed by atoms with Crippen molar-refractivity contribution in [3.63, 3.8) is 0 Å². The molecule has 118 valence electrons. The first-order valence-electron chi connectivity index (χ1n) is 6.66. The third-order valence-corrected chi connectivity index (χ3v) is 5.71. The van der Waals surface area contributed by atoms with E-state index < -0.39 is 26.6 Å². The molecule has 0 unspecified atom stereocenters. The Hall–Kier alpha value is -0.570. The Morgan fingerprint density at radius 3 is 2.57 bits per heavy atom. The quantitative estimate of drug-likeness (QED) is 0.768. The zero-order valence-corrected chi connectivity index (χ0v) is 13.6. The van der Waals surface area contributed by atoms with E-state index in [9.17, 15) is 17.2 Å². The normalized spacial score (nSPS) is 16.5. The summed E-state index contributed by atoms with van der Waals surface area (Å²) in [6.07, 6.45) is 4.42. The Bertz CT molecular complexity index is 580. The third kappa shape index (κ3) is 4.45.